The number of nitrogens with one attached hydrogen (secondary N) is 6. The molecule has 7 atom stereocenters. The molecule has 63 heavy (non-hydrogen) atoms. The van der Waals surface area contributed by atoms with Gasteiger partial charge in [-0.2, -0.15) is 0 Å². The summed E-state index contributed by atoms with van der Waals surface area (Å²) in [5.41, 5.74) is 16.2. The van der Waals surface area contributed by atoms with Crippen molar-refractivity contribution in [3.05, 3.63) is 29.8 Å². The van der Waals surface area contributed by atoms with Gasteiger partial charge in [0.25, 0.3) is 6.10 Å². The zero-order valence-electron chi connectivity index (χ0n) is 35.1. The van der Waals surface area contributed by atoms with E-state index >= 15 is 0 Å². The normalized spacial score (nSPS) is 14.2. The summed E-state index contributed by atoms with van der Waals surface area (Å²) in [6.07, 6.45) is -4.73. The zero-order chi connectivity index (χ0) is 48.3. The van der Waals surface area contributed by atoms with E-state index < -0.39 is 145 Å². The van der Waals surface area contributed by atoms with Crippen LogP contribution >= 0.6 is 0 Å². The Morgan fingerprint density at radius 2 is 1.05 bits per heavy atom. The second kappa shape index (κ2) is 25.4. The maximum Gasteiger partial charge on any atom is 0.356 e. The molecular weight excluding hydrogens is 838 g/mol. The van der Waals surface area contributed by atoms with Crippen LogP contribution in [0.3, 0.4) is 0 Å². The molecule has 0 saturated carbocycles. The van der Waals surface area contributed by atoms with Gasteiger partial charge < -0.3 is 69.2 Å². The molecule has 0 radical (unpaired) electrons. The van der Waals surface area contributed by atoms with E-state index in [9.17, 15) is 57.5 Å². The van der Waals surface area contributed by atoms with Crippen molar-refractivity contribution in [2.45, 2.75) is 115 Å². The van der Waals surface area contributed by atoms with Crippen molar-refractivity contribution in [1.29, 1.82) is 0 Å². The SMILES string of the molecule is CC[C@H](C)[C@H](NC(=O)[C@H](CC(N)=O)NC(=O)[C@@H](NC(=O)[C@H](Cc1ccc(OC(C(=O)O)C(=O)O)cc1)NC(=O)[C@H](CC(N)=O)NC(C)=O)C(C)C)C(=O)N[C@@H](CCC(=O)O)C(N)=O. The number of hydrogen-bond acceptors (Lipinski definition) is 13. The molecular formula is C38H55N9O16. The first-order valence-corrected chi connectivity index (χ1v) is 19.4. The molecule has 15 N–H and O–H groups in total. The van der Waals surface area contributed by atoms with E-state index in [0.29, 0.717) is 0 Å². The summed E-state index contributed by atoms with van der Waals surface area (Å²) in [5, 5.41) is 41.5. The summed E-state index contributed by atoms with van der Waals surface area (Å²) in [4.78, 5) is 149. The van der Waals surface area contributed by atoms with E-state index in [1.165, 1.54) is 38.1 Å². The van der Waals surface area contributed by atoms with E-state index in [2.05, 4.69) is 31.9 Å². The van der Waals surface area contributed by atoms with Gasteiger partial charge >= 0.3 is 17.9 Å². The van der Waals surface area contributed by atoms with E-state index in [1.807, 2.05) is 0 Å². The van der Waals surface area contributed by atoms with Gasteiger partial charge in [0.2, 0.25) is 53.2 Å². The summed E-state index contributed by atoms with van der Waals surface area (Å²) in [6.45, 7) is 7.26. The van der Waals surface area contributed by atoms with Crippen LogP contribution in [0.1, 0.15) is 72.3 Å². The average Bonchev–Trinajstić information content (AvgIpc) is 3.17. The summed E-state index contributed by atoms with van der Waals surface area (Å²) in [7, 11) is 0. The molecule has 348 valence electrons. The Hall–Kier alpha value is -7.34. The van der Waals surface area contributed by atoms with Gasteiger partial charge in [0.05, 0.1) is 12.8 Å². The Balaban J connectivity index is 3.51. The molecule has 25 heteroatoms. The minimum atomic E-state index is -2.25. The van der Waals surface area contributed by atoms with Gasteiger partial charge in [-0.1, -0.05) is 46.2 Å². The number of carbonyl (C=O) groups excluding carboxylic acids is 9. The highest BCUT2D eigenvalue weighted by molar-refractivity contribution is 5.99. The third-order valence-corrected chi connectivity index (χ3v) is 9.18. The van der Waals surface area contributed by atoms with Crippen LogP contribution in [0.15, 0.2) is 24.3 Å². The van der Waals surface area contributed by atoms with Crippen molar-refractivity contribution in [2.75, 3.05) is 0 Å². The maximum atomic E-state index is 14.0. The lowest BCUT2D eigenvalue weighted by molar-refractivity contribution is -0.159. The topological polar surface area (TPSA) is 425 Å². The molecule has 25 nitrogen and oxygen atoms in total. The Bertz CT molecular complexity index is 1860. The molecule has 1 aromatic rings. The van der Waals surface area contributed by atoms with Crippen LogP contribution in [0.5, 0.6) is 5.75 Å². The minimum Gasteiger partial charge on any atom is -0.481 e. The second-order valence-corrected chi connectivity index (χ2v) is 14.7. The molecule has 0 unspecified atom stereocenters. The van der Waals surface area contributed by atoms with Gasteiger partial charge in [0, 0.05) is 19.8 Å². The summed E-state index contributed by atoms with van der Waals surface area (Å²) in [5.74, 6) is -15.4. The number of rotatable bonds is 28. The number of aliphatic carboxylic acids is 3. The van der Waals surface area contributed by atoms with Crippen LogP contribution in [0, 0.1) is 11.8 Å². The third-order valence-electron chi connectivity index (χ3n) is 9.18. The Morgan fingerprint density at radius 1 is 0.603 bits per heavy atom. The van der Waals surface area contributed by atoms with E-state index in [1.54, 1.807) is 13.8 Å². The molecule has 0 aliphatic carbocycles. The molecule has 0 spiro atoms. The van der Waals surface area contributed by atoms with Crippen LogP contribution in [-0.2, 0) is 64.0 Å². The lowest BCUT2D eigenvalue weighted by Gasteiger charge is -2.29. The standard InChI is InChI=1S/C38H55N9O16/c1-6-17(4)29(36(58)43-21(31(41)53)11-12-27(51)52)47-34(56)24(15-26(40)50)45-35(57)28(16(2)3)46-33(55)22(44-32(54)23(14-25(39)49)42-18(5)48)13-19-7-9-20(10-8-19)63-30(37(59)60)38(61)62/h7-10,16-17,21-24,28-30H,6,11-15H2,1-5H3,(H2,39,49)(H2,40,50)(H2,41,53)(H,42,48)(H,43,58)(H,44,54)(H,45,57)(H,46,55)(H,47,56)(H,51,52)(H,59,60)(H,61,62)/t17-,21-,22-,23-,24-,28-,29-/m0/s1. The number of carboxylic acid groups (broad SMARTS) is 3. The summed E-state index contributed by atoms with van der Waals surface area (Å²) < 4.78 is 4.99. The molecule has 9 amide bonds. The van der Waals surface area contributed by atoms with Gasteiger partial charge in [0.1, 0.15) is 42.0 Å². The number of carbonyl (C=O) groups is 12. The molecule has 1 rings (SSSR count). The lowest BCUT2D eigenvalue weighted by Crippen LogP contribution is -2.61. The molecule has 0 aliphatic heterocycles. The van der Waals surface area contributed by atoms with Gasteiger partial charge in [-0.05, 0) is 36.0 Å². The molecule has 0 saturated heterocycles. The highest BCUT2D eigenvalue weighted by Crippen LogP contribution is 2.17. The van der Waals surface area contributed by atoms with E-state index in [4.69, 9.17) is 37.3 Å². The fourth-order valence-electron chi connectivity index (χ4n) is 5.65. The predicted octanol–water partition coefficient (Wildman–Crippen LogP) is -4.12. The quantitative estimate of drug-likeness (QED) is 0.0356. The first-order chi connectivity index (χ1) is 29.3. The first-order valence-electron chi connectivity index (χ1n) is 19.4. The van der Waals surface area contributed by atoms with Gasteiger partial charge in [-0.3, -0.25) is 47.9 Å². The zero-order valence-corrected chi connectivity index (χ0v) is 35.1. The van der Waals surface area contributed by atoms with Crippen LogP contribution in [0.25, 0.3) is 0 Å². The molecule has 0 bridgehead atoms. The van der Waals surface area contributed by atoms with Crippen molar-refractivity contribution in [2.24, 2.45) is 29.0 Å². The number of hydrogen-bond donors (Lipinski definition) is 12. The number of nitrogens with two attached hydrogens (primary N) is 3. The molecule has 0 aromatic heterocycles. The highest BCUT2D eigenvalue weighted by Gasteiger charge is 2.36. The maximum absolute atomic E-state index is 14.0. The fourth-order valence-corrected chi connectivity index (χ4v) is 5.65. The first kappa shape index (κ1) is 53.7. The second-order valence-electron chi connectivity index (χ2n) is 14.7. The lowest BCUT2D eigenvalue weighted by atomic mass is 9.96. The monoisotopic (exact) mass is 893 g/mol. The van der Waals surface area contributed by atoms with Crippen LogP contribution in [0.2, 0.25) is 0 Å². The number of amides is 9. The van der Waals surface area contributed by atoms with Gasteiger partial charge in [-0.25, -0.2) is 9.59 Å². The van der Waals surface area contributed by atoms with Crippen LogP contribution in [0.4, 0.5) is 0 Å². The Labute approximate surface area is 360 Å². The molecule has 0 aliphatic rings. The molecule has 0 heterocycles. The van der Waals surface area contributed by atoms with Crippen LogP contribution in [-0.4, -0.2) is 129 Å². The van der Waals surface area contributed by atoms with Crippen molar-refractivity contribution >= 4 is 71.1 Å². The largest absolute Gasteiger partial charge is 0.481 e. The number of primary amides is 3. The predicted molar refractivity (Wildman–Crippen MR) is 215 cm³/mol. The summed E-state index contributed by atoms with van der Waals surface area (Å²) >= 11 is 0. The minimum absolute atomic E-state index is 0.196. The van der Waals surface area contributed by atoms with Gasteiger partial charge in [0.15, 0.2) is 0 Å². The number of ether oxygens (including phenoxy) is 1. The Morgan fingerprint density at radius 3 is 1.49 bits per heavy atom. The highest BCUT2D eigenvalue weighted by atomic mass is 16.5. The van der Waals surface area contributed by atoms with Crippen molar-refractivity contribution in [1.82, 2.24) is 31.9 Å². The van der Waals surface area contributed by atoms with Crippen LogP contribution < -0.4 is 53.8 Å². The number of carboxylic acids is 3. The van der Waals surface area contributed by atoms with Gasteiger partial charge in [-0.15, -0.1) is 0 Å². The van der Waals surface area contributed by atoms with E-state index in [-0.39, 0.29) is 30.6 Å². The molecule has 0 fully saturated rings. The van der Waals surface area contributed by atoms with Crippen molar-refractivity contribution in [3.8, 4) is 5.75 Å². The number of benzene rings is 1. The molecule has 1 aromatic carbocycles. The van der Waals surface area contributed by atoms with E-state index in [0.717, 1.165) is 6.92 Å². The average molecular weight is 894 g/mol. The van der Waals surface area contributed by atoms with Crippen molar-refractivity contribution < 1.29 is 77.6 Å². The Kier molecular flexibility index (Phi) is 21.7. The van der Waals surface area contributed by atoms with Crippen molar-refractivity contribution in [3.63, 3.8) is 0 Å². The fraction of sp³-hybridized carbons (Fsp3) is 0.526. The third kappa shape index (κ3) is 18.9. The summed E-state index contributed by atoms with van der Waals surface area (Å²) in [6, 6.07) is -4.30. The smallest absolute Gasteiger partial charge is 0.356 e.